The lowest BCUT2D eigenvalue weighted by Gasteiger charge is -2.21. The first-order valence-corrected chi connectivity index (χ1v) is 6.41. The van der Waals surface area contributed by atoms with Gasteiger partial charge < -0.3 is 11.1 Å². The molecule has 0 saturated carbocycles. The van der Waals surface area contributed by atoms with Crippen molar-refractivity contribution in [1.29, 1.82) is 0 Å². The molecule has 0 heterocycles. The monoisotopic (exact) mass is 218 g/mol. The van der Waals surface area contributed by atoms with E-state index in [1.54, 1.807) is 0 Å². The second-order valence-electron chi connectivity index (χ2n) is 4.04. The molecule has 0 rings (SSSR count). The van der Waals surface area contributed by atoms with Crippen LogP contribution in [0.25, 0.3) is 0 Å². The molecule has 1 amide bonds. The Morgan fingerprint density at radius 1 is 1.43 bits per heavy atom. The Kier molecular flexibility index (Phi) is 7.01. The number of rotatable bonds is 7. The lowest BCUT2D eigenvalue weighted by Crippen LogP contribution is -2.42. The van der Waals surface area contributed by atoms with Gasteiger partial charge in [-0.15, -0.1) is 0 Å². The van der Waals surface area contributed by atoms with Gasteiger partial charge in [0, 0.05) is 13.1 Å². The maximum atomic E-state index is 11.5. The summed E-state index contributed by atoms with van der Waals surface area (Å²) in [4.78, 5) is 11.5. The quantitative estimate of drug-likeness (QED) is 0.632. The van der Waals surface area contributed by atoms with Crippen molar-refractivity contribution in [3.05, 3.63) is 0 Å². The van der Waals surface area contributed by atoms with Gasteiger partial charge in [-0.2, -0.15) is 11.8 Å². The molecule has 0 aromatic rings. The Morgan fingerprint density at radius 2 is 2.07 bits per heavy atom. The molecule has 0 unspecified atom stereocenters. The SMILES string of the molecule is CSCCCCNC(=O)C(C)(C)CN. The molecular formula is C10H22N2OS. The number of carbonyl (C=O) groups excluding carboxylic acids is 1. The van der Waals surface area contributed by atoms with E-state index in [1.165, 1.54) is 0 Å². The van der Waals surface area contributed by atoms with Crippen LogP contribution in [0.2, 0.25) is 0 Å². The smallest absolute Gasteiger partial charge is 0.226 e. The molecular weight excluding hydrogens is 196 g/mol. The molecule has 0 bridgehead atoms. The van der Waals surface area contributed by atoms with Gasteiger partial charge in [0.2, 0.25) is 5.91 Å². The van der Waals surface area contributed by atoms with Crippen molar-refractivity contribution in [3.8, 4) is 0 Å². The molecule has 0 aromatic heterocycles. The van der Waals surface area contributed by atoms with Gasteiger partial charge in [-0.25, -0.2) is 0 Å². The van der Waals surface area contributed by atoms with Gasteiger partial charge in [-0.1, -0.05) is 0 Å². The van der Waals surface area contributed by atoms with Gasteiger partial charge in [-0.3, -0.25) is 4.79 Å². The first-order chi connectivity index (χ1) is 6.54. The average molecular weight is 218 g/mol. The number of unbranched alkanes of at least 4 members (excludes halogenated alkanes) is 1. The summed E-state index contributed by atoms with van der Waals surface area (Å²) in [5.74, 6) is 1.22. The van der Waals surface area contributed by atoms with E-state index in [2.05, 4.69) is 11.6 Å². The topological polar surface area (TPSA) is 55.1 Å². The van der Waals surface area contributed by atoms with Crippen LogP contribution in [0.15, 0.2) is 0 Å². The van der Waals surface area contributed by atoms with E-state index in [-0.39, 0.29) is 5.91 Å². The maximum absolute atomic E-state index is 11.5. The molecule has 14 heavy (non-hydrogen) atoms. The number of carbonyl (C=O) groups is 1. The minimum absolute atomic E-state index is 0.0594. The van der Waals surface area contributed by atoms with Gasteiger partial charge in [0.1, 0.15) is 0 Å². The van der Waals surface area contributed by atoms with Gasteiger partial charge in [0.15, 0.2) is 0 Å². The molecule has 0 spiro atoms. The van der Waals surface area contributed by atoms with Gasteiger partial charge in [0.25, 0.3) is 0 Å². The highest BCUT2D eigenvalue weighted by Crippen LogP contribution is 2.11. The minimum atomic E-state index is -0.431. The summed E-state index contributed by atoms with van der Waals surface area (Å²) in [6, 6.07) is 0. The zero-order valence-electron chi connectivity index (χ0n) is 9.43. The van der Waals surface area contributed by atoms with Crippen LogP contribution in [0.1, 0.15) is 26.7 Å². The minimum Gasteiger partial charge on any atom is -0.356 e. The van der Waals surface area contributed by atoms with Gasteiger partial charge in [0.05, 0.1) is 5.41 Å². The van der Waals surface area contributed by atoms with E-state index in [0.717, 1.165) is 25.1 Å². The van der Waals surface area contributed by atoms with E-state index in [9.17, 15) is 4.79 Å². The molecule has 4 heteroatoms. The summed E-state index contributed by atoms with van der Waals surface area (Å²) < 4.78 is 0. The Balaban J connectivity index is 3.54. The molecule has 84 valence electrons. The van der Waals surface area contributed by atoms with Crippen molar-refractivity contribution in [3.63, 3.8) is 0 Å². The molecule has 0 aliphatic carbocycles. The predicted molar refractivity (Wildman–Crippen MR) is 63.5 cm³/mol. The number of thioether (sulfide) groups is 1. The molecule has 0 aromatic carbocycles. The molecule has 0 aliphatic heterocycles. The fraction of sp³-hybridized carbons (Fsp3) is 0.900. The highest BCUT2D eigenvalue weighted by Gasteiger charge is 2.24. The number of amides is 1. The van der Waals surface area contributed by atoms with Crippen LogP contribution in [0, 0.1) is 5.41 Å². The Bertz CT molecular complexity index is 172. The highest BCUT2D eigenvalue weighted by atomic mass is 32.2. The summed E-state index contributed by atoms with van der Waals surface area (Å²) in [6.07, 6.45) is 4.30. The van der Waals surface area contributed by atoms with Gasteiger partial charge in [-0.05, 0) is 38.7 Å². The van der Waals surface area contributed by atoms with E-state index < -0.39 is 5.41 Å². The summed E-state index contributed by atoms with van der Waals surface area (Å²) in [5, 5.41) is 2.90. The molecule has 0 atom stereocenters. The van der Waals surface area contributed by atoms with Gasteiger partial charge >= 0.3 is 0 Å². The van der Waals surface area contributed by atoms with E-state index >= 15 is 0 Å². The second-order valence-corrected chi connectivity index (χ2v) is 5.03. The van der Waals surface area contributed by atoms with Crippen LogP contribution >= 0.6 is 11.8 Å². The molecule has 0 aliphatic rings. The van der Waals surface area contributed by atoms with Crippen LogP contribution in [-0.4, -0.2) is 31.0 Å². The zero-order valence-corrected chi connectivity index (χ0v) is 10.2. The fourth-order valence-corrected chi connectivity index (χ4v) is 1.40. The van der Waals surface area contributed by atoms with Crippen LogP contribution < -0.4 is 11.1 Å². The third kappa shape index (κ3) is 5.50. The van der Waals surface area contributed by atoms with Crippen molar-refractivity contribution < 1.29 is 4.79 Å². The van der Waals surface area contributed by atoms with Crippen molar-refractivity contribution in [2.24, 2.45) is 11.1 Å². The van der Waals surface area contributed by atoms with Crippen molar-refractivity contribution in [2.45, 2.75) is 26.7 Å². The average Bonchev–Trinajstić information content (AvgIpc) is 2.17. The van der Waals surface area contributed by atoms with E-state index in [4.69, 9.17) is 5.73 Å². The van der Waals surface area contributed by atoms with E-state index in [0.29, 0.717) is 6.54 Å². The Hall–Kier alpha value is -0.220. The fourth-order valence-electron chi connectivity index (χ4n) is 0.905. The number of nitrogens with two attached hydrogens (primary N) is 1. The molecule has 0 fully saturated rings. The molecule has 3 N–H and O–H groups in total. The van der Waals surface area contributed by atoms with Crippen LogP contribution in [0.3, 0.4) is 0 Å². The van der Waals surface area contributed by atoms with Crippen LogP contribution in [0.5, 0.6) is 0 Å². The lowest BCUT2D eigenvalue weighted by atomic mass is 9.93. The normalized spacial score (nSPS) is 11.4. The second kappa shape index (κ2) is 7.12. The largest absolute Gasteiger partial charge is 0.356 e. The standard InChI is InChI=1S/C10H22N2OS/c1-10(2,8-11)9(13)12-6-4-5-7-14-3/h4-8,11H2,1-3H3,(H,12,13). The summed E-state index contributed by atoms with van der Waals surface area (Å²) in [5.41, 5.74) is 5.06. The van der Waals surface area contributed by atoms with Crippen LogP contribution in [-0.2, 0) is 4.79 Å². The lowest BCUT2D eigenvalue weighted by molar-refractivity contribution is -0.128. The van der Waals surface area contributed by atoms with Crippen molar-refractivity contribution in [1.82, 2.24) is 5.32 Å². The molecule has 0 saturated heterocycles. The summed E-state index contributed by atoms with van der Waals surface area (Å²) >= 11 is 1.84. The third-order valence-corrected chi connectivity index (χ3v) is 2.88. The van der Waals surface area contributed by atoms with Crippen molar-refractivity contribution in [2.75, 3.05) is 25.1 Å². The van der Waals surface area contributed by atoms with Crippen molar-refractivity contribution >= 4 is 17.7 Å². The first kappa shape index (κ1) is 13.8. The highest BCUT2D eigenvalue weighted by molar-refractivity contribution is 7.98. The Morgan fingerprint density at radius 3 is 2.57 bits per heavy atom. The number of hydrogen-bond donors (Lipinski definition) is 2. The number of hydrogen-bond acceptors (Lipinski definition) is 3. The number of nitrogens with one attached hydrogen (secondary N) is 1. The summed E-state index contributed by atoms with van der Waals surface area (Å²) in [7, 11) is 0. The Labute approximate surface area is 91.2 Å². The predicted octanol–water partition coefficient (Wildman–Crippen LogP) is 1.23. The third-order valence-electron chi connectivity index (χ3n) is 2.19. The molecule has 0 radical (unpaired) electrons. The van der Waals surface area contributed by atoms with Crippen LogP contribution in [0.4, 0.5) is 0 Å². The molecule has 3 nitrogen and oxygen atoms in total. The van der Waals surface area contributed by atoms with E-state index in [1.807, 2.05) is 25.6 Å². The zero-order chi connectivity index (χ0) is 11.0. The first-order valence-electron chi connectivity index (χ1n) is 5.02. The maximum Gasteiger partial charge on any atom is 0.226 e. The summed E-state index contributed by atoms with van der Waals surface area (Å²) in [6.45, 7) is 4.89.